The van der Waals surface area contributed by atoms with Crippen LogP contribution in [0.25, 0.3) is 0 Å². The van der Waals surface area contributed by atoms with Gasteiger partial charge in [0, 0.05) is 39.7 Å². The summed E-state index contributed by atoms with van der Waals surface area (Å²) in [5.41, 5.74) is 0.780. The summed E-state index contributed by atoms with van der Waals surface area (Å²) in [5.74, 6) is -0.651. The minimum Gasteiger partial charge on any atom is -0.481 e. The predicted molar refractivity (Wildman–Crippen MR) is 76.8 cm³/mol. The van der Waals surface area contributed by atoms with Crippen molar-refractivity contribution in [2.75, 3.05) is 0 Å². The third kappa shape index (κ3) is 18.0. The van der Waals surface area contributed by atoms with Crippen molar-refractivity contribution in [3.8, 4) is 0 Å². The number of rotatable bonds is 1. The molecule has 0 saturated heterocycles. The van der Waals surface area contributed by atoms with Crippen LogP contribution in [0.5, 0.6) is 0 Å². The number of nitrogens with zero attached hydrogens (tertiary/aromatic N) is 1. The molecule has 3 N–H and O–H groups in total. The van der Waals surface area contributed by atoms with Crippen LogP contribution in [0.2, 0.25) is 0 Å². The topological polar surface area (TPSA) is 84.4 Å². The van der Waals surface area contributed by atoms with E-state index >= 15 is 0 Å². The summed E-state index contributed by atoms with van der Waals surface area (Å²) in [6.07, 6.45) is 3.50. The molecule has 6 heteroatoms. The van der Waals surface area contributed by atoms with Gasteiger partial charge < -0.3 is 10.2 Å². The Hall–Kier alpha value is -2.03. The number of nitrogens with one attached hydrogen (secondary N) is 1. The smallest absolute Gasteiger partial charge is 0.332 e. The SMILES string of the molecule is CC(=O)O.CC(O)=[NH+]c1[c-]cccc1.[Pd].c1ccncc1. The van der Waals surface area contributed by atoms with Crippen molar-refractivity contribution in [3.05, 3.63) is 60.9 Å². The first kappa shape index (κ1) is 21.3. The molecule has 116 valence electrons. The Morgan fingerprint density at radius 1 is 1.10 bits per heavy atom. The number of pyridine rings is 1. The Morgan fingerprint density at radius 2 is 1.67 bits per heavy atom. The molecule has 0 saturated carbocycles. The van der Waals surface area contributed by atoms with Crippen LogP contribution < -0.4 is 4.99 Å². The largest absolute Gasteiger partial charge is 0.481 e. The molecule has 0 aliphatic heterocycles. The number of aliphatic carboxylic acids is 1. The Morgan fingerprint density at radius 3 is 1.95 bits per heavy atom. The van der Waals surface area contributed by atoms with E-state index in [2.05, 4.69) is 16.0 Å². The summed E-state index contributed by atoms with van der Waals surface area (Å²) in [6, 6.07) is 16.0. The molecule has 0 unspecified atom stereocenters. The van der Waals surface area contributed by atoms with E-state index in [1.54, 1.807) is 25.4 Å². The number of hydrogen-bond donors (Lipinski definition) is 3. The first-order valence-corrected chi connectivity index (χ1v) is 5.83. The van der Waals surface area contributed by atoms with Crippen LogP contribution in [-0.2, 0) is 25.2 Å². The number of aliphatic hydroxyl groups excluding tert-OH is 1. The summed E-state index contributed by atoms with van der Waals surface area (Å²) < 4.78 is 0. The number of benzene rings is 1. The van der Waals surface area contributed by atoms with Gasteiger partial charge in [0.05, 0.1) is 12.6 Å². The summed E-state index contributed by atoms with van der Waals surface area (Å²) in [7, 11) is 0. The molecule has 0 atom stereocenters. The molecule has 1 heterocycles. The molecule has 0 spiro atoms. The van der Waals surface area contributed by atoms with Crippen LogP contribution in [0.1, 0.15) is 13.8 Å². The van der Waals surface area contributed by atoms with Gasteiger partial charge in [-0.1, -0.05) is 6.07 Å². The average Bonchev–Trinajstić information content (AvgIpc) is 2.41. The molecule has 2 aromatic rings. The molecule has 1 aromatic carbocycles. The minimum absolute atomic E-state index is 0. The first-order valence-electron chi connectivity index (χ1n) is 5.83. The van der Waals surface area contributed by atoms with Gasteiger partial charge in [0.25, 0.3) is 5.97 Å². The quantitative estimate of drug-likeness (QED) is 0.302. The molecule has 0 radical (unpaired) electrons. The molecule has 21 heavy (non-hydrogen) atoms. The molecule has 0 aliphatic rings. The van der Waals surface area contributed by atoms with E-state index in [4.69, 9.17) is 15.0 Å². The van der Waals surface area contributed by atoms with Crippen molar-refractivity contribution < 1.29 is 40.4 Å². The zero-order valence-electron chi connectivity index (χ0n) is 11.8. The summed E-state index contributed by atoms with van der Waals surface area (Å²) >= 11 is 0. The number of carboxylic acids is 1. The Bertz CT molecular complexity index is 470. The van der Waals surface area contributed by atoms with E-state index in [1.165, 1.54) is 0 Å². The van der Waals surface area contributed by atoms with Gasteiger partial charge in [-0.3, -0.25) is 9.78 Å². The summed E-state index contributed by atoms with van der Waals surface area (Å²) in [4.78, 5) is 15.5. The van der Waals surface area contributed by atoms with Crippen LogP contribution >= 0.6 is 0 Å². The molecular formula is C15H18N2O3Pd. The first-order chi connectivity index (χ1) is 9.52. The molecule has 0 bridgehead atoms. The van der Waals surface area contributed by atoms with Crippen LogP contribution in [0.4, 0.5) is 5.69 Å². The molecule has 2 rings (SSSR count). The van der Waals surface area contributed by atoms with Gasteiger partial charge in [0.1, 0.15) is 0 Å². The zero-order valence-corrected chi connectivity index (χ0v) is 13.3. The maximum atomic E-state index is 9.00. The van der Waals surface area contributed by atoms with Crippen molar-refractivity contribution in [1.82, 2.24) is 4.98 Å². The summed E-state index contributed by atoms with van der Waals surface area (Å²) in [6.45, 7) is 2.67. The fourth-order valence-corrected chi connectivity index (χ4v) is 0.979. The van der Waals surface area contributed by atoms with Crippen molar-refractivity contribution >= 4 is 17.6 Å². The van der Waals surface area contributed by atoms with Gasteiger partial charge >= 0.3 is 5.90 Å². The van der Waals surface area contributed by atoms with Crippen molar-refractivity contribution in [3.63, 3.8) is 0 Å². The standard InChI is InChI=1S/C8H8NO.C5H5N.C2H4O2.Pd/c1-7(10)9-8-5-3-2-4-6-8;1-2-4-6-5-3-1;1-2(3)4;/h2-5H,1H3,(H,9,10);1-5H;1H3,(H,3,4);/q-1;;;/p+1. The van der Waals surface area contributed by atoms with Gasteiger partial charge in [-0.25, -0.2) is 4.99 Å². The van der Waals surface area contributed by atoms with E-state index in [-0.39, 0.29) is 26.3 Å². The van der Waals surface area contributed by atoms with E-state index < -0.39 is 5.97 Å². The number of aliphatic hydroxyl groups is 1. The van der Waals surface area contributed by atoms with Gasteiger partial charge in [0.15, 0.2) is 0 Å². The molecule has 0 amide bonds. The molecule has 5 nitrogen and oxygen atoms in total. The molecular weight excluding hydrogens is 363 g/mol. The molecule has 0 fully saturated rings. The Balaban J connectivity index is 0. The van der Waals surface area contributed by atoms with Crippen LogP contribution in [0.3, 0.4) is 0 Å². The third-order valence-electron chi connectivity index (χ3n) is 1.59. The second kappa shape index (κ2) is 14.4. The van der Waals surface area contributed by atoms with Crippen LogP contribution in [0.15, 0.2) is 54.9 Å². The number of aromatic nitrogens is 1. The van der Waals surface area contributed by atoms with Gasteiger partial charge in [-0.15, -0.1) is 12.1 Å². The number of carbonyl (C=O) groups is 1. The summed E-state index contributed by atoms with van der Waals surface area (Å²) in [5, 5.41) is 16.2. The van der Waals surface area contributed by atoms with Crippen molar-refractivity contribution in [2.24, 2.45) is 0 Å². The number of hydrogen-bond acceptors (Lipinski definition) is 2. The Kier molecular flexibility index (Phi) is 14.6. The number of carboxylic acid groups (broad SMARTS) is 1. The normalized spacial score (nSPS) is 8.95. The van der Waals surface area contributed by atoms with E-state index in [1.807, 2.05) is 36.4 Å². The second-order valence-corrected chi connectivity index (χ2v) is 3.53. The zero-order chi connectivity index (χ0) is 15.2. The average molecular weight is 381 g/mol. The van der Waals surface area contributed by atoms with Gasteiger partial charge in [0.2, 0.25) is 0 Å². The Labute approximate surface area is 138 Å². The van der Waals surface area contributed by atoms with Crippen LogP contribution in [0, 0.1) is 6.07 Å². The van der Waals surface area contributed by atoms with Gasteiger partial charge in [-0.05, 0) is 12.1 Å². The number of para-hydroxylation sites is 1. The molecule has 0 aliphatic carbocycles. The maximum absolute atomic E-state index is 9.00. The van der Waals surface area contributed by atoms with E-state index in [9.17, 15) is 0 Å². The molecule has 1 aromatic heterocycles. The fraction of sp³-hybridized carbons (Fsp3) is 0.133. The second-order valence-electron chi connectivity index (χ2n) is 3.53. The monoisotopic (exact) mass is 380 g/mol. The minimum atomic E-state index is -0.833. The maximum Gasteiger partial charge on any atom is 0.332 e. The fourth-order valence-electron chi connectivity index (χ4n) is 0.979. The van der Waals surface area contributed by atoms with Crippen LogP contribution in [-0.4, -0.2) is 27.1 Å². The third-order valence-corrected chi connectivity index (χ3v) is 1.59. The van der Waals surface area contributed by atoms with Crippen molar-refractivity contribution in [2.45, 2.75) is 13.8 Å². The van der Waals surface area contributed by atoms with E-state index in [0.29, 0.717) is 0 Å². The van der Waals surface area contributed by atoms with Crippen molar-refractivity contribution in [1.29, 1.82) is 0 Å². The van der Waals surface area contributed by atoms with Gasteiger partial charge in [-0.2, -0.15) is 18.2 Å². The van der Waals surface area contributed by atoms with E-state index in [0.717, 1.165) is 12.6 Å². The predicted octanol–water partition coefficient (Wildman–Crippen LogP) is 1.35.